The molecule has 1 nitrogen and oxygen atoms in total. The lowest BCUT2D eigenvalue weighted by Crippen LogP contribution is -2.23. The van der Waals surface area contributed by atoms with Crippen molar-refractivity contribution in [2.24, 2.45) is 0 Å². The minimum Gasteiger partial charge on any atom is -0.312 e. The molecule has 0 unspecified atom stereocenters. The van der Waals surface area contributed by atoms with Gasteiger partial charge in [0.05, 0.1) is 0 Å². The highest BCUT2D eigenvalue weighted by molar-refractivity contribution is 5.27. The maximum Gasteiger partial charge on any atom is 0.0204 e. The van der Waals surface area contributed by atoms with Crippen LogP contribution in [0, 0.1) is 0 Å². The highest BCUT2D eigenvalue weighted by Gasteiger charge is 2.03. The molecule has 1 heteroatoms. The molecule has 1 heterocycles. The molecular weight excluding hydrogens is 122 g/mol. The normalized spacial score (nSPS) is 20.6. The molecule has 10 heavy (non-hydrogen) atoms. The zero-order chi connectivity index (χ0) is 7.40. The van der Waals surface area contributed by atoms with Crippen LogP contribution in [0.15, 0.2) is 23.3 Å². The average Bonchev–Trinajstić information content (AvgIpc) is 1.94. The minimum atomic E-state index is 1.05. The zero-order valence-electron chi connectivity index (χ0n) is 6.78. The highest BCUT2D eigenvalue weighted by Crippen LogP contribution is 2.11. The maximum absolute atomic E-state index is 3.34. The fourth-order valence-electron chi connectivity index (χ4n) is 1.21. The molecule has 0 amide bonds. The molecule has 1 aliphatic heterocycles. The number of nitrogens with one attached hydrogen (secondary N) is 1. The van der Waals surface area contributed by atoms with Gasteiger partial charge >= 0.3 is 0 Å². The van der Waals surface area contributed by atoms with Crippen LogP contribution in [0.5, 0.6) is 0 Å². The van der Waals surface area contributed by atoms with Gasteiger partial charge in [-0.25, -0.2) is 0 Å². The third-order valence-electron chi connectivity index (χ3n) is 1.91. The van der Waals surface area contributed by atoms with Crippen LogP contribution in [-0.2, 0) is 0 Å². The minimum absolute atomic E-state index is 1.05. The van der Waals surface area contributed by atoms with Gasteiger partial charge in [-0.3, -0.25) is 0 Å². The van der Waals surface area contributed by atoms with Gasteiger partial charge in [-0.2, -0.15) is 0 Å². The van der Waals surface area contributed by atoms with E-state index in [0.717, 1.165) is 13.1 Å². The van der Waals surface area contributed by atoms with E-state index in [1.54, 1.807) is 0 Å². The lowest BCUT2D eigenvalue weighted by atomic mass is 10.0. The molecule has 0 spiro atoms. The topological polar surface area (TPSA) is 12.0 Å². The van der Waals surface area contributed by atoms with Crippen LogP contribution < -0.4 is 5.32 Å². The van der Waals surface area contributed by atoms with E-state index in [9.17, 15) is 0 Å². The molecular formula is C9H15N. The summed E-state index contributed by atoms with van der Waals surface area (Å²) in [5.41, 5.74) is 3.01. The molecule has 1 N–H and O–H groups in total. The van der Waals surface area contributed by atoms with Crippen LogP contribution in [0.1, 0.15) is 20.3 Å². The van der Waals surface area contributed by atoms with Crippen LogP contribution in [0.4, 0.5) is 0 Å². The van der Waals surface area contributed by atoms with Crippen LogP contribution in [0.3, 0.4) is 0 Å². The summed E-state index contributed by atoms with van der Waals surface area (Å²) in [4.78, 5) is 0. The molecule has 0 radical (unpaired) electrons. The summed E-state index contributed by atoms with van der Waals surface area (Å²) in [5.74, 6) is 0. The summed E-state index contributed by atoms with van der Waals surface area (Å²) in [5, 5.41) is 3.34. The molecule has 0 saturated heterocycles. The Kier molecular flexibility index (Phi) is 2.69. The molecule has 1 aliphatic rings. The maximum atomic E-state index is 3.34. The molecule has 0 atom stereocenters. The van der Waals surface area contributed by atoms with Gasteiger partial charge in [0.25, 0.3) is 0 Å². The summed E-state index contributed by atoms with van der Waals surface area (Å²) < 4.78 is 0. The Labute approximate surface area is 62.8 Å². The summed E-state index contributed by atoms with van der Waals surface area (Å²) in [6.45, 7) is 6.48. The zero-order valence-corrected chi connectivity index (χ0v) is 6.78. The quantitative estimate of drug-likeness (QED) is 0.581. The Morgan fingerprint density at radius 2 is 2.30 bits per heavy atom. The fraction of sp³-hybridized carbons (Fsp3) is 0.556. The van der Waals surface area contributed by atoms with E-state index in [1.807, 2.05) is 0 Å². The Hall–Kier alpha value is -0.560. The van der Waals surface area contributed by atoms with Gasteiger partial charge in [0, 0.05) is 6.54 Å². The summed E-state index contributed by atoms with van der Waals surface area (Å²) in [6.07, 6.45) is 5.51. The van der Waals surface area contributed by atoms with E-state index >= 15 is 0 Å². The lowest BCUT2D eigenvalue weighted by molar-refractivity contribution is 0.686. The van der Waals surface area contributed by atoms with Gasteiger partial charge in [0.1, 0.15) is 0 Å². The second kappa shape index (κ2) is 3.57. The number of hydrogen-bond acceptors (Lipinski definition) is 1. The molecule has 0 bridgehead atoms. The molecule has 0 aromatic heterocycles. The summed E-state index contributed by atoms with van der Waals surface area (Å²) >= 11 is 0. The molecule has 0 fully saturated rings. The average molecular weight is 137 g/mol. The predicted molar refractivity (Wildman–Crippen MR) is 45.0 cm³/mol. The van der Waals surface area contributed by atoms with Crippen LogP contribution in [0.25, 0.3) is 0 Å². The van der Waals surface area contributed by atoms with Crippen molar-refractivity contribution >= 4 is 0 Å². The molecule has 0 aromatic carbocycles. The first-order valence-electron chi connectivity index (χ1n) is 3.86. The van der Waals surface area contributed by atoms with Crippen molar-refractivity contribution in [3.05, 3.63) is 23.3 Å². The number of hydrogen-bond donors (Lipinski definition) is 1. The summed E-state index contributed by atoms with van der Waals surface area (Å²) in [6, 6.07) is 0. The second-order valence-corrected chi connectivity index (χ2v) is 2.73. The molecule has 1 rings (SSSR count). The first-order valence-corrected chi connectivity index (χ1v) is 3.86. The van der Waals surface area contributed by atoms with E-state index in [-0.39, 0.29) is 0 Å². The van der Waals surface area contributed by atoms with Crippen LogP contribution in [-0.4, -0.2) is 13.1 Å². The van der Waals surface area contributed by atoms with Gasteiger partial charge in [0.15, 0.2) is 0 Å². The fourth-order valence-corrected chi connectivity index (χ4v) is 1.21. The summed E-state index contributed by atoms with van der Waals surface area (Å²) in [7, 11) is 0. The third-order valence-corrected chi connectivity index (χ3v) is 1.91. The Balaban J connectivity index is 2.68. The van der Waals surface area contributed by atoms with E-state index in [0.29, 0.717) is 0 Å². The monoisotopic (exact) mass is 137 g/mol. The Bertz CT molecular complexity index is 166. The lowest BCUT2D eigenvalue weighted by Gasteiger charge is -2.15. The van der Waals surface area contributed by atoms with Crippen molar-refractivity contribution in [1.82, 2.24) is 5.32 Å². The van der Waals surface area contributed by atoms with E-state index in [1.165, 1.54) is 17.6 Å². The SMILES string of the molecule is C/C=C\C1=C(C)CCNC1. The predicted octanol–water partition coefficient (Wildman–Crippen LogP) is 1.87. The largest absolute Gasteiger partial charge is 0.312 e. The first kappa shape index (κ1) is 7.55. The molecule has 0 saturated carbocycles. The van der Waals surface area contributed by atoms with Crippen molar-refractivity contribution in [3.8, 4) is 0 Å². The highest BCUT2D eigenvalue weighted by atomic mass is 14.9. The smallest absolute Gasteiger partial charge is 0.0204 e. The van der Waals surface area contributed by atoms with Crippen molar-refractivity contribution in [3.63, 3.8) is 0 Å². The molecule has 0 aliphatic carbocycles. The number of rotatable bonds is 1. The second-order valence-electron chi connectivity index (χ2n) is 2.73. The third kappa shape index (κ3) is 1.71. The van der Waals surface area contributed by atoms with Gasteiger partial charge in [0.2, 0.25) is 0 Å². The van der Waals surface area contributed by atoms with Crippen LogP contribution >= 0.6 is 0 Å². The van der Waals surface area contributed by atoms with E-state index in [4.69, 9.17) is 0 Å². The van der Waals surface area contributed by atoms with Crippen LogP contribution in [0.2, 0.25) is 0 Å². The van der Waals surface area contributed by atoms with Crippen molar-refractivity contribution < 1.29 is 0 Å². The van der Waals surface area contributed by atoms with Gasteiger partial charge in [-0.05, 0) is 32.4 Å². The van der Waals surface area contributed by atoms with E-state index in [2.05, 4.69) is 31.3 Å². The standard InChI is InChI=1S/C9H15N/c1-3-4-9-7-10-6-5-8(9)2/h3-4,10H,5-7H2,1-2H3/b4-3-. The van der Waals surface area contributed by atoms with Crippen molar-refractivity contribution in [1.29, 1.82) is 0 Å². The molecule has 56 valence electrons. The first-order chi connectivity index (χ1) is 4.84. The van der Waals surface area contributed by atoms with Gasteiger partial charge in [-0.15, -0.1) is 0 Å². The Morgan fingerprint density at radius 3 is 2.90 bits per heavy atom. The van der Waals surface area contributed by atoms with Crippen molar-refractivity contribution in [2.75, 3.05) is 13.1 Å². The number of allylic oxidation sites excluding steroid dienone is 1. The Morgan fingerprint density at radius 1 is 1.50 bits per heavy atom. The van der Waals surface area contributed by atoms with Gasteiger partial charge < -0.3 is 5.32 Å². The van der Waals surface area contributed by atoms with Crippen molar-refractivity contribution in [2.45, 2.75) is 20.3 Å². The van der Waals surface area contributed by atoms with Gasteiger partial charge in [-0.1, -0.05) is 17.7 Å². The van der Waals surface area contributed by atoms with E-state index < -0.39 is 0 Å². The molecule has 0 aromatic rings.